The van der Waals surface area contributed by atoms with Crippen molar-refractivity contribution in [3.8, 4) is 5.75 Å². The van der Waals surface area contributed by atoms with Crippen LogP contribution in [0.3, 0.4) is 0 Å². The number of hydrogen-bond acceptors (Lipinski definition) is 6. The van der Waals surface area contributed by atoms with E-state index in [0.717, 1.165) is 19.7 Å². The van der Waals surface area contributed by atoms with Gasteiger partial charge < -0.3 is 10.1 Å². The van der Waals surface area contributed by atoms with Gasteiger partial charge in [0.1, 0.15) is 18.9 Å². The topological polar surface area (TPSA) is 113 Å². The molecule has 9 nitrogen and oxygen atoms in total. The van der Waals surface area contributed by atoms with Gasteiger partial charge in [0.15, 0.2) is 0 Å². The van der Waals surface area contributed by atoms with Crippen LogP contribution in [0.2, 0.25) is 0 Å². The third kappa shape index (κ3) is 6.88. The van der Waals surface area contributed by atoms with E-state index in [2.05, 4.69) is 5.32 Å². The largest absolute Gasteiger partial charge is 0.492 e. The summed E-state index contributed by atoms with van der Waals surface area (Å²) in [5, 5.41) is 2.69. The Morgan fingerprint density at radius 1 is 0.838 bits per heavy atom. The van der Waals surface area contributed by atoms with Gasteiger partial charge in [0.05, 0.1) is 22.0 Å². The first-order valence-corrected chi connectivity index (χ1v) is 14.4. The molecule has 198 valence electrons. The molecule has 1 N–H and O–H groups in total. The number of nitrogens with zero attached hydrogens (tertiary/aromatic N) is 2. The van der Waals surface area contributed by atoms with Crippen molar-refractivity contribution in [1.29, 1.82) is 0 Å². The van der Waals surface area contributed by atoms with Crippen LogP contribution in [-0.2, 0) is 24.8 Å². The molecule has 0 aliphatic heterocycles. The van der Waals surface area contributed by atoms with Crippen LogP contribution in [0.4, 0.5) is 5.69 Å². The van der Waals surface area contributed by atoms with Crippen molar-refractivity contribution in [2.45, 2.75) is 23.6 Å². The fourth-order valence-corrected chi connectivity index (χ4v) is 5.98. The normalized spacial score (nSPS) is 11.8. The van der Waals surface area contributed by atoms with Crippen molar-refractivity contribution in [3.63, 3.8) is 0 Å². The zero-order valence-corrected chi connectivity index (χ0v) is 22.8. The molecule has 1 amide bonds. The summed E-state index contributed by atoms with van der Waals surface area (Å²) in [5.74, 6) is -0.0500. The maximum Gasteiger partial charge on any atom is 0.264 e. The standard InChI is InChI=1S/C26H31N3O6S2/c1-20-10-15-25(21(2)18-20)29(37(33,34)23-8-6-5-7-9-23)19-26(30)27-16-17-35-22-11-13-24(14-12-22)36(31,32)28(3)4/h5-15,18H,16-17,19H2,1-4H3,(H,27,30). The zero-order chi connectivity index (χ0) is 27.2. The van der Waals surface area contributed by atoms with Gasteiger partial charge in [-0.2, -0.15) is 0 Å². The smallest absolute Gasteiger partial charge is 0.264 e. The Morgan fingerprint density at radius 2 is 1.46 bits per heavy atom. The molecule has 11 heteroatoms. The number of aryl methyl sites for hydroxylation is 2. The van der Waals surface area contributed by atoms with E-state index >= 15 is 0 Å². The van der Waals surface area contributed by atoms with Gasteiger partial charge in [-0.25, -0.2) is 21.1 Å². The number of amides is 1. The quantitative estimate of drug-likeness (QED) is 0.371. The van der Waals surface area contributed by atoms with Crippen LogP contribution in [0.25, 0.3) is 0 Å². The predicted octanol–water partition coefficient (Wildman–Crippen LogP) is 2.94. The van der Waals surface area contributed by atoms with E-state index in [9.17, 15) is 21.6 Å². The summed E-state index contributed by atoms with van der Waals surface area (Å²) >= 11 is 0. The second kappa shape index (κ2) is 11.8. The van der Waals surface area contributed by atoms with Gasteiger partial charge in [0, 0.05) is 14.1 Å². The molecule has 0 heterocycles. The number of carbonyl (C=O) groups is 1. The monoisotopic (exact) mass is 545 g/mol. The van der Waals surface area contributed by atoms with Crippen LogP contribution in [0.1, 0.15) is 11.1 Å². The van der Waals surface area contributed by atoms with E-state index in [-0.39, 0.29) is 22.9 Å². The number of rotatable bonds is 11. The van der Waals surface area contributed by atoms with Crippen molar-refractivity contribution in [2.75, 3.05) is 38.1 Å². The Hall–Kier alpha value is -3.41. The van der Waals surface area contributed by atoms with Crippen molar-refractivity contribution >= 4 is 31.6 Å². The van der Waals surface area contributed by atoms with Crippen LogP contribution in [-0.4, -0.2) is 60.8 Å². The molecule has 0 aliphatic carbocycles. The highest BCUT2D eigenvalue weighted by Gasteiger charge is 2.28. The molecule has 3 rings (SSSR count). The minimum absolute atomic E-state index is 0.0887. The second-order valence-corrected chi connectivity index (χ2v) is 12.6. The third-order valence-electron chi connectivity index (χ3n) is 5.53. The van der Waals surface area contributed by atoms with E-state index in [1.165, 1.54) is 50.5 Å². The minimum atomic E-state index is -3.99. The summed E-state index contributed by atoms with van der Waals surface area (Å²) in [6.45, 7) is 3.55. The Bertz CT molecular complexity index is 1440. The number of ether oxygens (including phenoxy) is 1. The first-order chi connectivity index (χ1) is 17.4. The Labute approximate surface area is 218 Å². The summed E-state index contributed by atoms with van der Waals surface area (Å²) in [4.78, 5) is 13.0. The van der Waals surface area contributed by atoms with Gasteiger partial charge in [-0.1, -0.05) is 35.9 Å². The lowest BCUT2D eigenvalue weighted by Crippen LogP contribution is -2.42. The Kier molecular flexibility index (Phi) is 8.95. The molecule has 0 saturated heterocycles. The SMILES string of the molecule is Cc1ccc(N(CC(=O)NCCOc2ccc(S(=O)(=O)N(C)C)cc2)S(=O)(=O)c2ccccc2)c(C)c1. The van der Waals surface area contributed by atoms with E-state index in [1.807, 2.05) is 13.0 Å². The lowest BCUT2D eigenvalue weighted by atomic mass is 10.1. The molecule has 0 unspecified atom stereocenters. The molecular weight excluding hydrogens is 514 g/mol. The van der Waals surface area contributed by atoms with Crippen LogP contribution < -0.4 is 14.4 Å². The maximum absolute atomic E-state index is 13.4. The summed E-state index contributed by atoms with van der Waals surface area (Å²) in [6, 6.07) is 19.3. The van der Waals surface area contributed by atoms with E-state index in [1.54, 1.807) is 37.3 Å². The number of benzene rings is 3. The molecule has 3 aromatic rings. The third-order valence-corrected chi connectivity index (χ3v) is 9.14. The Balaban J connectivity index is 1.66. The van der Waals surface area contributed by atoms with Crippen molar-refractivity contribution in [3.05, 3.63) is 83.9 Å². The molecule has 0 radical (unpaired) electrons. The second-order valence-electron chi connectivity index (χ2n) is 8.57. The summed E-state index contributed by atoms with van der Waals surface area (Å²) in [7, 11) is -4.62. The molecule has 37 heavy (non-hydrogen) atoms. The molecule has 0 aliphatic rings. The fraction of sp³-hybridized carbons (Fsp3) is 0.269. The average molecular weight is 546 g/mol. The molecule has 0 aromatic heterocycles. The molecule has 0 spiro atoms. The molecule has 3 aromatic carbocycles. The highest BCUT2D eigenvalue weighted by atomic mass is 32.2. The summed E-state index contributed by atoms with van der Waals surface area (Å²) < 4.78 is 59.0. The predicted molar refractivity (Wildman–Crippen MR) is 143 cm³/mol. The van der Waals surface area contributed by atoms with Gasteiger partial charge in [0.25, 0.3) is 10.0 Å². The first kappa shape index (κ1) is 28.2. The van der Waals surface area contributed by atoms with Gasteiger partial charge in [-0.3, -0.25) is 9.10 Å². The first-order valence-electron chi connectivity index (χ1n) is 11.5. The van der Waals surface area contributed by atoms with E-state index < -0.39 is 32.5 Å². The molecular formula is C26H31N3O6S2. The average Bonchev–Trinajstić information content (AvgIpc) is 2.86. The number of nitrogens with one attached hydrogen (secondary N) is 1. The molecule has 0 bridgehead atoms. The van der Waals surface area contributed by atoms with Crippen LogP contribution in [0, 0.1) is 13.8 Å². The lowest BCUT2D eigenvalue weighted by molar-refractivity contribution is -0.119. The van der Waals surface area contributed by atoms with Crippen LogP contribution in [0.15, 0.2) is 82.6 Å². The van der Waals surface area contributed by atoms with Gasteiger partial charge >= 0.3 is 0 Å². The van der Waals surface area contributed by atoms with Crippen molar-refractivity contribution < 1.29 is 26.4 Å². The van der Waals surface area contributed by atoms with E-state index in [0.29, 0.717) is 11.4 Å². The number of sulfonamides is 2. The zero-order valence-electron chi connectivity index (χ0n) is 21.2. The highest BCUT2D eigenvalue weighted by molar-refractivity contribution is 7.92. The number of carbonyl (C=O) groups excluding carboxylic acids is 1. The van der Waals surface area contributed by atoms with Gasteiger partial charge in [-0.15, -0.1) is 0 Å². The number of hydrogen-bond donors (Lipinski definition) is 1. The van der Waals surface area contributed by atoms with Gasteiger partial charge in [0.2, 0.25) is 15.9 Å². The molecule has 0 fully saturated rings. The molecule has 0 saturated carbocycles. The maximum atomic E-state index is 13.4. The molecule has 0 atom stereocenters. The summed E-state index contributed by atoms with van der Waals surface area (Å²) in [6.07, 6.45) is 0. The number of anilines is 1. The summed E-state index contributed by atoms with van der Waals surface area (Å²) in [5.41, 5.74) is 2.14. The Morgan fingerprint density at radius 3 is 2.05 bits per heavy atom. The van der Waals surface area contributed by atoms with Crippen LogP contribution >= 0.6 is 0 Å². The lowest BCUT2D eigenvalue weighted by Gasteiger charge is -2.26. The highest BCUT2D eigenvalue weighted by Crippen LogP contribution is 2.27. The van der Waals surface area contributed by atoms with Crippen molar-refractivity contribution in [2.24, 2.45) is 0 Å². The fourth-order valence-electron chi connectivity index (χ4n) is 3.57. The van der Waals surface area contributed by atoms with Crippen molar-refractivity contribution in [1.82, 2.24) is 9.62 Å². The minimum Gasteiger partial charge on any atom is -0.492 e. The van der Waals surface area contributed by atoms with Gasteiger partial charge in [-0.05, 0) is 61.9 Å². The van der Waals surface area contributed by atoms with Crippen LogP contribution in [0.5, 0.6) is 5.75 Å². The van der Waals surface area contributed by atoms with E-state index in [4.69, 9.17) is 4.74 Å².